The maximum Gasteiger partial charge on any atom is 0.416 e. The normalized spacial score (nSPS) is 13.7. The molecule has 1 heterocycles. The molecule has 0 unspecified atom stereocenters. The average molecular weight is 565 g/mol. The minimum absolute atomic E-state index is 0.0250. The van der Waals surface area contributed by atoms with Gasteiger partial charge in [-0.25, -0.2) is 4.79 Å². The molecule has 0 bridgehead atoms. The number of hydrogen-bond donors (Lipinski definition) is 3. The smallest absolute Gasteiger partial charge is 0.371 e. The Labute approximate surface area is 226 Å². The largest absolute Gasteiger partial charge is 0.416 e. The highest BCUT2D eigenvalue weighted by atomic mass is 19.4. The summed E-state index contributed by atoms with van der Waals surface area (Å²) < 4.78 is 78.9. The lowest BCUT2D eigenvalue weighted by atomic mass is 10.1. The highest BCUT2D eigenvalue weighted by molar-refractivity contribution is 6.04. The second kappa shape index (κ2) is 11.9. The van der Waals surface area contributed by atoms with Crippen molar-refractivity contribution < 1.29 is 35.9 Å². The molecule has 40 heavy (non-hydrogen) atoms. The van der Waals surface area contributed by atoms with E-state index in [1.165, 1.54) is 12.1 Å². The first-order valence-electron chi connectivity index (χ1n) is 12.5. The Morgan fingerprint density at radius 1 is 0.750 bits per heavy atom. The number of rotatable bonds is 7. The quantitative estimate of drug-likeness (QED) is 0.272. The Kier molecular flexibility index (Phi) is 8.55. The fourth-order valence-electron chi connectivity index (χ4n) is 4.41. The fourth-order valence-corrected chi connectivity index (χ4v) is 4.41. The van der Waals surface area contributed by atoms with Gasteiger partial charge in [0.05, 0.1) is 16.7 Å². The SMILES string of the molecule is O=C(Nc1cc(C(F)(F)F)cc(C(F)(F)F)c1)Nc1ccc(N2CCCC2)c(C(=O)NCCc2ccccc2)c1. The van der Waals surface area contributed by atoms with Crippen LogP contribution in [0.25, 0.3) is 0 Å². The third-order valence-corrected chi connectivity index (χ3v) is 6.33. The summed E-state index contributed by atoms with van der Waals surface area (Å²) in [5, 5.41) is 7.28. The van der Waals surface area contributed by atoms with Crippen molar-refractivity contribution in [3.05, 3.63) is 89.0 Å². The van der Waals surface area contributed by atoms with Crippen molar-refractivity contribution >= 4 is 29.0 Å². The van der Waals surface area contributed by atoms with Crippen LogP contribution in [0.2, 0.25) is 0 Å². The van der Waals surface area contributed by atoms with Crippen molar-refractivity contribution in [2.45, 2.75) is 31.6 Å². The van der Waals surface area contributed by atoms with Crippen molar-refractivity contribution in [1.29, 1.82) is 0 Å². The molecule has 3 aromatic rings. The number of halogens is 6. The van der Waals surface area contributed by atoms with Crippen LogP contribution in [0, 0.1) is 0 Å². The van der Waals surface area contributed by atoms with Gasteiger partial charge in [-0.2, -0.15) is 26.3 Å². The highest BCUT2D eigenvalue weighted by Gasteiger charge is 2.37. The molecule has 0 saturated carbocycles. The van der Waals surface area contributed by atoms with Gasteiger partial charge in [0.15, 0.2) is 0 Å². The van der Waals surface area contributed by atoms with E-state index in [0.717, 1.165) is 31.5 Å². The number of amides is 3. The Bertz CT molecular complexity index is 1320. The summed E-state index contributed by atoms with van der Waals surface area (Å²) in [7, 11) is 0. The van der Waals surface area contributed by atoms with E-state index in [1.807, 2.05) is 40.5 Å². The van der Waals surface area contributed by atoms with Gasteiger partial charge >= 0.3 is 18.4 Å². The molecule has 0 spiro atoms. The lowest BCUT2D eigenvalue weighted by Gasteiger charge is -2.22. The molecule has 3 amide bonds. The Hall–Kier alpha value is -4.22. The molecule has 212 valence electrons. The van der Waals surface area contributed by atoms with Crippen molar-refractivity contribution in [3.63, 3.8) is 0 Å². The molecule has 0 aromatic heterocycles. The lowest BCUT2D eigenvalue weighted by Crippen LogP contribution is -2.29. The van der Waals surface area contributed by atoms with E-state index in [0.29, 0.717) is 30.8 Å². The third kappa shape index (κ3) is 7.45. The lowest BCUT2D eigenvalue weighted by molar-refractivity contribution is -0.143. The molecule has 0 aliphatic carbocycles. The molecular weight excluding hydrogens is 538 g/mol. The third-order valence-electron chi connectivity index (χ3n) is 6.33. The zero-order valence-corrected chi connectivity index (χ0v) is 21.1. The van der Waals surface area contributed by atoms with Crippen molar-refractivity contribution in [1.82, 2.24) is 5.32 Å². The molecule has 1 saturated heterocycles. The van der Waals surface area contributed by atoms with Crippen LogP contribution in [0.4, 0.5) is 48.2 Å². The number of anilines is 3. The summed E-state index contributed by atoms with van der Waals surface area (Å²) in [5.41, 5.74) is -1.68. The number of carbonyl (C=O) groups is 2. The molecule has 4 rings (SSSR count). The van der Waals surface area contributed by atoms with Gasteiger partial charge in [-0.3, -0.25) is 4.79 Å². The number of benzene rings is 3. The zero-order valence-electron chi connectivity index (χ0n) is 21.1. The van der Waals surface area contributed by atoms with E-state index >= 15 is 0 Å². The van der Waals surface area contributed by atoms with E-state index < -0.39 is 35.2 Å². The molecule has 3 N–H and O–H groups in total. The molecule has 0 radical (unpaired) electrons. The van der Waals surface area contributed by atoms with E-state index in [9.17, 15) is 35.9 Å². The molecular formula is C28H26F6N4O2. The van der Waals surface area contributed by atoms with Gasteiger partial charge in [0.2, 0.25) is 0 Å². The van der Waals surface area contributed by atoms with Gasteiger partial charge in [0.1, 0.15) is 0 Å². The molecule has 0 atom stereocenters. The van der Waals surface area contributed by atoms with E-state index in [1.54, 1.807) is 6.07 Å². The number of nitrogens with one attached hydrogen (secondary N) is 3. The van der Waals surface area contributed by atoms with Gasteiger partial charge in [-0.1, -0.05) is 30.3 Å². The van der Waals surface area contributed by atoms with Crippen LogP contribution in [-0.2, 0) is 18.8 Å². The van der Waals surface area contributed by atoms with Gasteiger partial charge in [-0.15, -0.1) is 0 Å². The van der Waals surface area contributed by atoms with Crippen LogP contribution in [0.1, 0.15) is 39.9 Å². The van der Waals surface area contributed by atoms with Gasteiger partial charge in [-0.05, 0) is 61.2 Å². The Morgan fingerprint density at radius 3 is 1.95 bits per heavy atom. The molecule has 1 fully saturated rings. The summed E-state index contributed by atoms with van der Waals surface area (Å²) in [6.45, 7) is 1.85. The van der Waals surface area contributed by atoms with Gasteiger partial charge < -0.3 is 20.9 Å². The van der Waals surface area contributed by atoms with Crippen LogP contribution in [0.5, 0.6) is 0 Å². The number of hydrogen-bond acceptors (Lipinski definition) is 3. The first kappa shape index (κ1) is 28.8. The van der Waals surface area contributed by atoms with Crippen LogP contribution in [0.3, 0.4) is 0 Å². The van der Waals surface area contributed by atoms with Crippen LogP contribution in [0.15, 0.2) is 66.7 Å². The fraction of sp³-hybridized carbons (Fsp3) is 0.286. The second-order valence-electron chi connectivity index (χ2n) is 9.29. The second-order valence-corrected chi connectivity index (χ2v) is 9.29. The number of nitrogens with zero attached hydrogens (tertiary/aromatic N) is 1. The summed E-state index contributed by atoms with van der Waals surface area (Å²) in [6.07, 6.45) is -7.60. The molecule has 1 aliphatic heterocycles. The first-order chi connectivity index (χ1) is 18.9. The average Bonchev–Trinajstić information content (AvgIpc) is 3.43. The summed E-state index contributed by atoms with van der Waals surface area (Å²) in [6, 6.07) is 13.9. The highest BCUT2D eigenvalue weighted by Crippen LogP contribution is 2.37. The van der Waals surface area contributed by atoms with E-state index in [-0.39, 0.29) is 23.2 Å². The van der Waals surface area contributed by atoms with Crippen molar-refractivity contribution in [3.8, 4) is 0 Å². The molecule has 12 heteroatoms. The zero-order chi connectivity index (χ0) is 28.9. The topological polar surface area (TPSA) is 73.5 Å². The molecule has 6 nitrogen and oxygen atoms in total. The van der Waals surface area contributed by atoms with Gasteiger partial charge in [0.25, 0.3) is 5.91 Å². The van der Waals surface area contributed by atoms with Crippen LogP contribution >= 0.6 is 0 Å². The van der Waals surface area contributed by atoms with Crippen LogP contribution < -0.4 is 20.9 Å². The van der Waals surface area contributed by atoms with E-state index in [2.05, 4.69) is 10.6 Å². The standard InChI is InChI=1S/C28H26F6N4O2/c29-27(30,31)19-14-20(28(32,33)34)16-22(15-19)37-26(40)36-21-8-9-24(38-12-4-5-13-38)23(17-21)25(39)35-11-10-18-6-2-1-3-7-18/h1-3,6-9,14-17H,4-5,10-13H2,(H,35,39)(H2,36,37,40). The minimum atomic E-state index is -5.05. The van der Waals surface area contributed by atoms with Crippen molar-refractivity contribution in [2.75, 3.05) is 35.2 Å². The number of alkyl halides is 6. The minimum Gasteiger partial charge on any atom is -0.371 e. The van der Waals surface area contributed by atoms with Crippen LogP contribution in [-0.4, -0.2) is 31.6 Å². The maximum atomic E-state index is 13.2. The number of carbonyl (C=O) groups excluding carboxylic acids is 2. The monoisotopic (exact) mass is 564 g/mol. The predicted molar refractivity (Wildman–Crippen MR) is 139 cm³/mol. The maximum absolute atomic E-state index is 13.2. The first-order valence-corrected chi connectivity index (χ1v) is 12.5. The Morgan fingerprint density at radius 2 is 1.35 bits per heavy atom. The summed E-state index contributed by atoms with van der Waals surface area (Å²) >= 11 is 0. The number of urea groups is 1. The summed E-state index contributed by atoms with van der Waals surface area (Å²) in [5.74, 6) is -0.380. The van der Waals surface area contributed by atoms with E-state index in [4.69, 9.17) is 0 Å². The van der Waals surface area contributed by atoms with Gasteiger partial charge in [0, 0.05) is 36.7 Å². The molecule has 3 aromatic carbocycles. The Balaban J connectivity index is 1.51. The van der Waals surface area contributed by atoms with Crippen molar-refractivity contribution in [2.24, 2.45) is 0 Å². The predicted octanol–water partition coefficient (Wildman–Crippen LogP) is 6.94. The summed E-state index contributed by atoms with van der Waals surface area (Å²) in [4.78, 5) is 27.7. The molecule has 1 aliphatic rings.